The maximum atomic E-state index is 9.36. The monoisotopic (exact) mass is 207 g/mol. The summed E-state index contributed by atoms with van der Waals surface area (Å²) in [5, 5.41) is 22.0. The zero-order valence-electron chi connectivity index (χ0n) is 8.74. The topological polar surface area (TPSA) is 52.5 Å². The standard InChI is InChI=1S/C12H17NO2/c14-11-5-4-9(8-12(11)15)7-10-3-1-2-6-13-10/h4-5,8,10,13-15H,1-3,6-7H2/t10-/m0/s1. The quantitative estimate of drug-likeness (QED) is 0.648. The molecule has 0 unspecified atom stereocenters. The van der Waals surface area contributed by atoms with Gasteiger partial charge in [-0.2, -0.15) is 0 Å². The average molecular weight is 207 g/mol. The molecule has 0 aliphatic carbocycles. The molecule has 3 N–H and O–H groups in total. The Balaban J connectivity index is 2.00. The van der Waals surface area contributed by atoms with Gasteiger partial charge >= 0.3 is 0 Å². The smallest absolute Gasteiger partial charge is 0.157 e. The fourth-order valence-electron chi connectivity index (χ4n) is 2.08. The van der Waals surface area contributed by atoms with Gasteiger partial charge in [-0.3, -0.25) is 0 Å². The molecule has 1 aliphatic rings. The first-order valence-electron chi connectivity index (χ1n) is 5.50. The number of nitrogens with one attached hydrogen (secondary N) is 1. The Kier molecular flexibility index (Phi) is 3.11. The van der Waals surface area contributed by atoms with E-state index in [1.807, 2.05) is 6.07 Å². The summed E-state index contributed by atoms with van der Waals surface area (Å²) >= 11 is 0. The normalized spacial score (nSPS) is 21.5. The molecule has 1 atom stereocenters. The molecule has 0 bridgehead atoms. The third kappa shape index (κ3) is 2.63. The molecule has 1 aromatic carbocycles. The van der Waals surface area contributed by atoms with E-state index in [1.165, 1.54) is 19.3 Å². The van der Waals surface area contributed by atoms with Gasteiger partial charge in [0, 0.05) is 6.04 Å². The Hall–Kier alpha value is -1.22. The highest BCUT2D eigenvalue weighted by Gasteiger charge is 2.13. The lowest BCUT2D eigenvalue weighted by atomic mass is 9.98. The molecule has 3 nitrogen and oxygen atoms in total. The maximum Gasteiger partial charge on any atom is 0.157 e. The van der Waals surface area contributed by atoms with Gasteiger partial charge in [-0.15, -0.1) is 0 Å². The van der Waals surface area contributed by atoms with Crippen molar-refractivity contribution in [1.82, 2.24) is 5.32 Å². The Bertz CT molecular complexity index is 332. The van der Waals surface area contributed by atoms with Crippen LogP contribution in [0.5, 0.6) is 11.5 Å². The van der Waals surface area contributed by atoms with E-state index in [1.54, 1.807) is 12.1 Å². The van der Waals surface area contributed by atoms with Crippen LogP contribution in [0, 0.1) is 0 Å². The SMILES string of the molecule is Oc1ccc(C[C@@H]2CCCCN2)cc1O. The Morgan fingerprint density at radius 3 is 2.73 bits per heavy atom. The van der Waals surface area contributed by atoms with Gasteiger partial charge in [0.25, 0.3) is 0 Å². The molecule has 0 saturated carbocycles. The maximum absolute atomic E-state index is 9.36. The molecular formula is C12H17NO2. The molecule has 0 aromatic heterocycles. The lowest BCUT2D eigenvalue weighted by Gasteiger charge is -2.23. The van der Waals surface area contributed by atoms with Crippen molar-refractivity contribution < 1.29 is 10.2 Å². The summed E-state index contributed by atoms with van der Waals surface area (Å²) in [5.74, 6) is -0.0707. The van der Waals surface area contributed by atoms with Crippen LogP contribution in [0.25, 0.3) is 0 Å². The average Bonchev–Trinajstić information content (AvgIpc) is 2.25. The van der Waals surface area contributed by atoms with Crippen LogP contribution in [0.4, 0.5) is 0 Å². The lowest BCUT2D eigenvalue weighted by Crippen LogP contribution is -2.35. The minimum absolute atomic E-state index is 0.0247. The first-order valence-corrected chi connectivity index (χ1v) is 5.50. The van der Waals surface area contributed by atoms with Crippen molar-refractivity contribution in [1.29, 1.82) is 0 Å². The second-order valence-corrected chi connectivity index (χ2v) is 4.17. The zero-order chi connectivity index (χ0) is 10.7. The van der Waals surface area contributed by atoms with Gasteiger partial charge in [0.05, 0.1) is 0 Å². The summed E-state index contributed by atoms with van der Waals surface area (Å²) in [6, 6.07) is 5.58. The van der Waals surface area contributed by atoms with Crippen LogP contribution < -0.4 is 5.32 Å². The molecule has 0 spiro atoms. The summed E-state index contributed by atoms with van der Waals surface area (Å²) in [4.78, 5) is 0. The number of rotatable bonds is 2. The molecule has 0 amide bonds. The van der Waals surface area contributed by atoms with Crippen molar-refractivity contribution >= 4 is 0 Å². The lowest BCUT2D eigenvalue weighted by molar-refractivity contribution is 0.393. The molecule has 1 fully saturated rings. The highest BCUT2D eigenvalue weighted by molar-refractivity contribution is 5.40. The second kappa shape index (κ2) is 4.53. The number of hydrogen-bond acceptors (Lipinski definition) is 3. The van der Waals surface area contributed by atoms with E-state index >= 15 is 0 Å². The van der Waals surface area contributed by atoms with Gasteiger partial charge in [-0.25, -0.2) is 0 Å². The zero-order valence-corrected chi connectivity index (χ0v) is 8.74. The van der Waals surface area contributed by atoms with Gasteiger partial charge in [-0.05, 0) is 43.5 Å². The minimum Gasteiger partial charge on any atom is -0.504 e. The molecule has 1 aliphatic heterocycles. The highest BCUT2D eigenvalue weighted by atomic mass is 16.3. The van der Waals surface area contributed by atoms with Crippen LogP contribution in [0.1, 0.15) is 24.8 Å². The number of phenols is 2. The summed E-state index contributed by atoms with van der Waals surface area (Å²) in [6.45, 7) is 1.09. The van der Waals surface area contributed by atoms with Crippen molar-refractivity contribution in [2.45, 2.75) is 31.7 Å². The van der Waals surface area contributed by atoms with Crippen LogP contribution in [-0.2, 0) is 6.42 Å². The number of benzene rings is 1. The van der Waals surface area contributed by atoms with Gasteiger partial charge in [-0.1, -0.05) is 12.5 Å². The number of phenolic OH excluding ortho intramolecular Hbond substituents is 2. The molecular weight excluding hydrogens is 190 g/mol. The molecule has 1 heterocycles. The Morgan fingerprint density at radius 1 is 1.20 bits per heavy atom. The third-order valence-electron chi connectivity index (χ3n) is 2.93. The van der Waals surface area contributed by atoms with E-state index in [2.05, 4.69) is 5.32 Å². The van der Waals surface area contributed by atoms with E-state index in [0.29, 0.717) is 6.04 Å². The van der Waals surface area contributed by atoms with Crippen LogP contribution in [-0.4, -0.2) is 22.8 Å². The molecule has 1 saturated heterocycles. The second-order valence-electron chi connectivity index (χ2n) is 4.17. The number of piperidine rings is 1. The first-order chi connectivity index (χ1) is 7.25. The first kappa shape index (κ1) is 10.3. The fourth-order valence-corrected chi connectivity index (χ4v) is 2.08. The van der Waals surface area contributed by atoms with E-state index in [9.17, 15) is 10.2 Å². The Morgan fingerprint density at radius 2 is 2.07 bits per heavy atom. The molecule has 1 aromatic rings. The van der Waals surface area contributed by atoms with Gasteiger partial charge in [0.2, 0.25) is 0 Å². The minimum atomic E-state index is -0.0460. The van der Waals surface area contributed by atoms with Crippen LogP contribution in [0.2, 0.25) is 0 Å². The molecule has 3 heteroatoms. The van der Waals surface area contributed by atoms with Crippen LogP contribution >= 0.6 is 0 Å². The summed E-state index contributed by atoms with van der Waals surface area (Å²) in [6.07, 6.45) is 4.66. The van der Waals surface area contributed by atoms with Gasteiger partial charge in [0.15, 0.2) is 11.5 Å². The summed E-state index contributed by atoms with van der Waals surface area (Å²) in [7, 11) is 0. The number of aromatic hydroxyl groups is 2. The van der Waals surface area contributed by atoms with E-state index in [-0.39, 0.29) is 11.5 Å². The third-order valence-corrected chi connectivity index (χ3v) is 2.93. The van der Waals surface area contributed by atoms with Crippen molar-refractivity contribution in [2.24, 2.45) is 0 Å². The van der Waals surface area contributed by atoms with Crippen LogP contribution in [0.3, 0.4) is 0 Å². The fraction of sp³-hybridized carbons (Fsp3) is 0.500. The molecule has 82 valence electrons. The van der Waals surface area contributed by atoms with Crippen molar-refractivity contribution in [3.8, 4) is 11.5 Å². The largest absolute Gasteiger partial charge is 0.504 e. The molecule has 15 heavy (non-hydrogen) atoms. The molecule has 2 rings (SSSR count). The predicted molar refractivity (Wildman–Crippen MR) is 59.1 cm³/mol. The van der Waals surface area contributed by atoms with Crippen LogP contribution in [0.15, 0.2) is 18.2 Å². The van der Waals surface area contributed by atoms with Crippen molar-refractivity contribution in [3.05, 3.63) is 23.8 Å². The summed E-state index contributed by atoms with van der Waals surface area (Å²) < 4.78 is 0. The highest BCUT2D eigenvalue weighted by Crippen LogP contribution is 2.26. The van der Waals surface area contributed by atoms with Crippen molar-refractivity contribution in [2.75, 3.05) is 6.54 Å². The molecule has 0 radical (unpaired) electrons. The van der Waals surface area contributed by atoms with E-state index in [4.69, 9.17) is 0 Å². The van der Waals surface area contributed by atoms with Gasteiger partial charge in [0.1, 0.15) is 0 Å². The predicted octanol–water partition coefficient (Wildman–Crippen LogP) is 1.78. The summed E-state index contributed by atoms with van der Waals surface area (Å²) in [5.41, 5.74) is 1.07. The Labute approximate surface area is 89.8 Å². The van der Waals surface area contributed by atoms with E-state index in [0.717, 1.165) is 18.5 Å². The van der Waals surface area contributed by atoms with E-state index < -0.39 is 0 Å². The van der Waals surface area contributed by atoms with Gasteiger partial charge < -0.3 is 15.5 Å². The number of hydrogen-bond donors (Lipinski definition) is 3. The van der Waals surface area contributed by atoms with Crippen molar-refractivity contribution in [3.63, 3.8) is 0 Å².